The van der Waals surface area contributed by atoms with Crippen LogP contribution >= 0.6 is 0 Å². The zero-order valence-corrected chi connectivity index (χ0v) is 14.7. The van der Waals surface area contributed by atoms with Crippen LogP contribution in [0, 0.1) is 29.1 Å². The van der Waals surface area contributed by atoms with Crippen molar-refractivity contribution in [2.75, 3.05) is 0 Å². The Hall–Kier alpha value is -0.340. The van der Waals surface area contributed by atoms with Gasteiger partial charge in [-0.3, -0.25) is 0 Å². The van der Waals surface area contributed by atoms with E-state index in [-0.39, 0.29) is 22.7 Å². The van der Waals surface area contributed by atoms with E-state index in [0.717, 1.165) is 24.7 Å². The van der Waals surface area contributed by atoms with E-state index in [1.54, 1.807) is 0 Å². The first-order chi connectivity index (χ1) is 10.3. The number of aliphatic hydroxyl groups is 1. The Morgan fingerprint density at radius 2 is 2.00 bits per heavy atom. The van der Waals surface area contributed by atoms with E-state index in [1.807, 2.05) is 0 Å². The first-order valence-corrected chi connectivity index (χ1v) is 9.33. The Morgan fingerprint density at radius 1 is 1.27 bits per heavy atom. The van der Waals surface area contributed by atoms with Crippen molar-refractivity contribution in [3.63, 3.8) is 0 Å². The van der Waals surface area contributed by atoms with E-state index in [2.05, 4.69) is 34.3 Å². The molecule has 1 heterocycles. The monoisotopic (exact) mass is 304 g/mol. The van der Waals surface area contributed by atoms with Gasteiger partial charge >= 0.3 is 0 Å². The third-order valence-electron chi connectivity index (χ3n) is 8.12. The molecule has 22 heavy (non-hydrogen) atoms. The van der Waals surface area contributed by atoms with Crippen molar-refractivity contribution in [1.29, 1.82) is 0 Å². The van der Waals surface area contributed by atoms with Crippen LogP contribution in [0.4, 0.5) is 0 Å². The second kappa shape index (κ2) is 4.39. The standard InChI is InChI=1S/C20H32O2/c1-12(2)19-9-8-18(5)11-16-13(3)6-7-15(16)14(4)10-17(21)20(18,19)22-19/h12-13,15-17,21H,4,6-11H2,1-3,5H3. The predicted octanol–water partition coefficient (Wildman–Crippen LogP) is 4.32. The predicted molar refractivity (Wildman–Crippen MR) is 88.5 cm³/mol. The molecule has 0 bridgehead atoms. The highest BCUT2D eigenvalue weighted by Crippen LogP contribution is 2.75. The molecule has 1 spiro atoms. The van der Waals surface area contributed by atoms with Crippen molar-refractivity contribution in [1.82, 2.24) is 0 Å². The van der Waals surface area contributed by atoms with Gasteiger partial charge in [0.15, 0.2) is 0 Å². The maximum Gasteiger partial charge on any atom is 0.130 e. The highest BCUT2D eigenvalue weighted by Gasteiger charge is 2.84. The smallest absolute Gasteiger partial charge is 0.130 e. The van der Waals surface area contributed by atoms with E-state index in [0.29, 0.717) is 11.8 Å². The fourth-order valence-corrected chi connectivity index (χ4v) is 6.80. The summed E-state index contributed by atoms with van der Waals surface area (Å²) >= 11 is 0. The highest BCUT2D eigenvalue weighted by molar-refractivity contribution is 5.34. The maximum atomic E-state index is 11.1. The number of hydrogen-bond acceptors (Lipinski definition) is 2. The summed E-state index contributed by atoms with van der Waals surface area (Å²) in [6.45, 7) is 13.7. The number of fused-ring (bicyclic) bond motifs is 1. The highest BCUT2D eigenvalue weighted by atomic mass is 16.6. The minimum atomic E-state index is -0.369. The Balaban J connectivity index is 1.76. The van der Waals surface area contributed by atoms with Crippen LogP contribution in [0.2, 0.25) is 0 Å². The molecule has 3 aliphatic carbocycles. The fourth-order valence-electron chi connectivity index (χ4n) is 6.80. The zero-order valence-electron chi connectivity index (χ0n) is 14.7. The van der Waals surface area contributed by atoms with Crippen LogP contribution in [-0.2, 0) is 4.74 Å². The summed E-state index contributed by atoms with van der Waals surface area (Å²) in [5.41, 5.74) is 1.05. The van der Waals surface area contributed by atoms with Gasteiger partial charge in [-0.05, 0) is 62.2 Å². The molecule has 2 nitrogen and oxygen atoms in total. The summed E-state index contributed by atoms with van der Waals surface area (Å²) in [4.78, 5) is 0. The second-order valence-corrected chi connectivity index (χ2v) is 9.35. The molecule has 7 unspecified atom stereocenters. The summed E-state index contributed by atoms with van der Waals surface area (Å²) < 4.78 is 6.49. The van der Waals surface area contributed by atoms with E-state index < -0.39 is 0 Å². The lowest BCUT2D eigenvalue weighted by atomic mass is 9.61. The van der Waals surface area contributed by atoms with Gasteiger partial charge in [-0.25, -0.2) is 0 Å². The Bertz CT molecular complexity index is 512. The minimum absolute atomic E-state index is 0.0733. The van der Waals surface area contributed by atoms with E-state index in [4.69, 9.17) is 4.74 Å². The molecular weight excluding hydrogens is 272 g/mol. The summed E-state index contributed by atoms with van der Waals surface area (Å²) in [5.74, 6) is 2.65. The zero-order chi connectivity index (χ0) is 15.9. The average Bonchev–Trinajstić information content (AvgIpc) is 2.96. The quantitative estimate of drug-likeness (QED) is 0.578. The van der Waals surface area contributed by atoms with Crippen LogP contribution < -0.4 is 0 Å². The van der Waals surface area contributed by atoms with Crippen molar-refractivity contribution < 1.29 is 9.84 Å². The molecule has 0 amide bonds. The maximum absolute atomic E-state index is 11.1. The first kappa shape index (κ1) is 15.2. The Labute approximate surface area is 135 Å². The lowest BCUT2D eigenvalue weighted by molar-refractivity contribution is -0.0350. The summed E-state index contributed by atoms with van der Waals surface area (Å²) in [6, 6.07) is 0. The van der Waals surface area contributed by atoms with Gasteiger partial charge in [0.2, 0.25) is 0 Å². The van der Waals surface area contributed by atoms with Crippen molar-refractivity contribution in [2.45, 2.75) is 83.5 Å². The molecule has 4 aliphatic rings. The van der Waals surface area contributed by atoms with Gasteiger partial charge in [0, 0.05) is 5.41 Å². The molecule has 0 radical (unpaired) electrons. The lowest BCUT2D eigenvalue weighted by Crippen LogP contribution is -2.50. The SMILES string of the molecule is C=C1CC(O)C23OC2(C(C)C)CCC3(C)CC2C(C)CCC12. The van der Waals surface area contributed by atoms with E-state index >= 15 is 0 Å². The molecule has 0 aromatic rings. The Morgan fingerprint density at radius 3 is 2.64 bits per heavy atom. The van der Waals surface area contributed by atoms with Crippen LogP contribution in [0.15, 0.2) is 12.2 Å². The summed E-state index contributed by atoms with van der Waals surface area (Å²) in [5, 5.41) is 11.1. The number of aliphatic hydroxyl groups excluding tert-OH is 1. The lowest BCUT2D eigenvalue weighted by Gasteiger charge is -2.43. The third-order valence-corrected chi connectivity index (χ3v) is 8.12. The van der Waals surface area contributed by atoms with Gasteiger partial charge in [0.25, 0.3) is 0 Å². The van der Waals surface area contributed by atoms with Gasteiger partial charge in [0.1, 0.15) is 11.2 Å². The van der Waals surface area contributed by atoms with Gasteiger partial charge < -0.3 is 9.84 Å². The van der Waals surface area contributed by atoms with Gasteiger partial charge in [-0.2, -0.15) is 0 Å². The van der Waals surface area contributed by atoms with Crippen molar-refractivity contribution in [3.8, 4) is 0 Å². The number of ether oxygens (including phenoxy) is 1. The van der Waals surface area contributed by atoms with E-state index in [1.165, 1.54) is 31.3 Å². The molecule has 7 atom stereocenters. The van der Waals surface area contributed by atoms with E-state index in [9.17, 15) is 5.11 Å². The van der Waals surface area contributed by atoms with Crippen molar-refractivity contribution >= 4 is 0 Å². The summed E-state index contributed by atoms with van der Waals surface area (Å²) in [7, 11) is 0. The molecule has 2 heteroatoms. The van der Waals surface area contributed by atoms with Crippen LogP contribution in [0.5, 0.6) is 0 Å². The van der Waals surface area contributed by atoms with Gasteiger partial charge in [0.05, 0.1) is 6.10 Å². The molecule has 4 rings (SSSR count). The molecule has 1 aliphatic heterocycles. The molecule has 0 aromatic heterocycles. The second-order valence-electron chi connectivity index (χ2n) is 9.35. The third kappa shape index (κ3) is 1.54. The number of rotatable bonds is 1. The first-order valence-electron chi connectivity index (χ1n) is 9.33. The fraction of sp³-hybridized carbons (Fsp3) is 0.900. The molecule has 124 valence electrons. The van der Waals surface area contributed by atoms with Crippen LogP contribution in [0.1, 0.15) is 66.2 Å². The number of hydrogen-bond donors (Lipinski definition) is 1. The number of epoxide rings is 1. The van der Waals surface area contributed by atoms with Crippen LogP contribution in [-0.4, -0.2) is 22.4 Å². The van der Waals surface area contributed by atoms with Crippen molar-refractivity contribution in [2.24, 2.45) is 29.1 Å². The molecule has 0 aromatic carbocycles. The molecule has 3 saturated carbocycles. The normalized spacial score (nSPS) is 57.1. The average molecular weight is 304 g/mol. The molecule has 1 N–H and O–H groups in total. The molecular formula is C20H32O2. The van der Waals surface area contributed by atoms with Crippen LogP contribution in [0.25, 0.3) is 0 Å². The molecule has 4 fully saturated rings. The largest absolute Gasteiger partial charge is 0.390 e. The van der Waals surface area contributed by atoms with Crippen molar-refractivity contribution in [3.05, 3.63) is 12.2 Å². The van der Waals surface area contributed by atoms with Gasteiger partial charge in [-0.1, -0.05) is 39.8 Å². The topological polar surface area (TPSA) is 32.8 Å². The Kier molecular flexibility index (Phi) is 3.03. The summed E-state index contributed by atoms with van der Waals surface area (Å²) in [6.07, 6.45) is 6.52. The molecule has 1 saturated heterocycles. The van der Waals surface area contributed by atoms with Crippen LogP contribution in [0.3, 0.4) is 0 Å². The van der Waals surface area contributed by atoms with Gasteiger partial charge in [-0.15, -0.1) is 0 Å². The minimum Gasteiger partial charge on any atom is -0.390 e.